The van der Waals surface area contributed by atoms with E-state index in [0.29, 0.717) is 5.56 Å². The molecule has 0 aliphatic heterocycles. The van der Waals surface area contributed by atoms with Gasteiger partial charge in [-0.1, -0.05) is 41.7 Å². The highest BCUT2D eigenvalue weighted by Gasteiger charge is 2.54. The van der Waals surface area contributed by atoms with Gasteiger partial charge in [-0.2, -0.15) is 13.2 Å². The van der Waals surface area contributed by atoms with Gasteiger partial charge < -0.3 is 5.11 Å². The third-order valence-electron chi connectivity index (χ3n) is 2.46. The molecule has 1 N–H and O–H groups in total. The molecule has 0 saturated heterocycles. The Morgan fingerprint density at radius 2 is 1.63 bits per heavy atom. The first-order valence-corrected chi connectivity index (χ1v) is 5.86. The lowest BCUT2D eigenvalue weighted by Crippen LogP contribution is -2.41. The molecule has 1 aromatic carbocycles. The fourth-order valence-corrected chi connectivity index (χ4v) is 1.45. The zero-order chi connectivity index (χ0) is 14.9. The van der Waals surface area contributed by atoms with Gasteiger partial charge in [0.2, 0.25) is 5.60 Å². The minimum atomic E-state index is -4.85. The predicted molar refractivity (Wildman–Crippen MR) is 68.4 cm³/mol. The Hall–Kier alpha value is -1.47. The summed E-state index contributed by atoms with van der Waals surface area (Å²) in [7, 11) is 0. The monoisotopic (exact) mass is 270 g/mol. The minimum absolute atomic E-state index is 0.253. The van der Waals surface area contributed by atoms with Crippen LogP contribution >= 0.6 is 0 Å². The van der Waals surface area contributed by atoms with Gasteiger partial charge in [0.15, 0.2) is 0 Å². The quantitative estimate of drug-likeness (QED) is 0.770. The van der Waals surface area contributed by atoms with Gasteiger partial charge in [0.25, 0.3) is 0 Å². The van der Waals surface area contributed by atoms with E-state index >= 15 is 0 Å². The molecule has 104 valence electrons. The zero-order valence-corrected chi connectivity index (χ0v) is 11.4. The number of hydrogen-bond donors (Lipinski definition) is 1. The molecule has 0 unspecified atom stereocenters. The molecule has 1 atom stereocenters. The molecule has 4 heteroatoms. The number of hydrogen-bond acceptors (Lipinski definition) is 1. The lowest BCUT2D eigenvalue weighted by atomic mass is 9.89. The van der Waals surface area contributed by atoms with E-state index in [4.69, 9.17) is 0 Å². The molecule has 19 heavy (non-hydrogen) atoms. The second-order valence-electron chi connectivity index (χ2n) is 5.58. The van der Waals surface area contributed by atoms with E-state index in [1.165, 1.54) is 18.2 Å². The van der Waals surface area contributed by atoms with Crippen LogP contribution < -0.4 is 0 Å². The summed E-state index contributed by atoms with van der Waals surface area (Å²) in [5.74, 6) is 4.47. The first kappa shape index (κ1) is 15.6. The van der Waals surface area contributed by atoms with Crippen LogP contribution in [0, 0.1) is 24.2 Å². The molecule has 1 aromatic rings. The normalized spacial score (nSPS) is 15.4. The van der Waals surface area contributed by atoms with E-state index in [0.717, 1.165) is 0 Å². The minimum Gasteiger partial charge on any atom is -0.366 e. The van der Waals surface area contributed by atoms with Crippen molar-refractivity contribution >= 4 is 0 Å². The SMILES string of the molecule is Cc1cccc([C@@](O)(C#CC(C)(C)C)C(F)(F)F)c1. The smallest absolute Gasteiger partial charge is 0.366 e. The van der Waals surface area contributed by atoms with Gasteiger partial charge in [0.1, 0.15) is 0 Å². The first-order chi connectivity index (χ1) is 8.46. The summed E-state index contributed by atoms with van der Waals surface area (Å²) in [5, 5.41) is 10.0. The molecule has 0 aliphatic rings. The van der Waals surface area contributed by atoms with Crippen LogP contribution in [0.2, 0.25) is 0 Å². The molecule has 0 spiro atoms. The van der Waals surface area contributed by atoms with Crippen molar-refractivity contribution in [2.24, 2.45) is 5.41 Å². The molecule has 0 radical (unpaired) electrons. The molecule has 0 amide bonds. The van der Waals surface area contributed by atoms with Crippen LogP contribution in [0.1, 0.15) is 31.9 Å². The summed E-state index contributed by atoms with van der Waals surface area (Å²) in [5.41, 5.74) is -3.37. The van der Waals surface area contributed by atoms with Gasteiger partial charge in [0.05, 0.1) is 0 Å². The highest BCUT2D eigenvalue weighted by Crippen LogP contribution is 2.39. The van der Waals surface area contributed by atoms with Gasteiger partial charge in [-0.15, -0.1) is 0 Å². The van der Waals surface area contributed by atoms with Crippen molar-refractivity contribution in [3.63, 3.8) is 0 Å². The number of rotatable bonds is 1. The summed E-state index contributed by atoms with van der Waals surface area (Å²) >= 11 is 0. The Balaban J connectivity index is 3.41. The highest BCUT2D eigenvalue weighted by molar-refractivity contribution is 5.37. The van der Waals surface area contributed by atoms with Crippen LogP contribution in [0.4, 0.5) is 13.2 Å². The number of benzene rings is 1. The van der Waals surface area contributed by atoms with Crippen LogP contribution in [0.5, 0.6) is 0 Å². The summed E-state index contributed by atoms with van der Waals surface area (Å²) in [4.78, 5) is 0. The van der Waals surface area contributed by atoms with E-state index in [-0.39, 0.29) is 5.56 Å². The fraction of sp³-hybridized carbons (Fsp3) is 0.467. The number of halogens is 3. The Bertz CT molecular complexity index is 515. The highest BCUT2D eigenvalue weighted by atomic mass is 19.4. The lowest BCUT2D eigenvalue weighted by molar-refractivity contribution is -0.240. The second-order valence-corrected chi connectivity index (χ2v) is 5.58. The molecule has 0 bridgehead atoms. The lowest BCUT2D eigenvalue weighted by Gasteiger charge is -2.26. The van der Waals surface area contributed by atoms with E-state index in [1.807, 2.05) is 5.92 Å². The topological polar surface area (TPSA) is 20.2 Å². The van der Waals surface area contributed by atoms with E-state index in [9.17, 15) is 18.3 Å². The van der Waals surface area contributed by atoms with Crippen LogP contribution in [0.25, 0.3) is 0 Å². The van der Waals surface area contributed by atoms with Crippen LogP contribution in [-0.2, 0) is 5.60 Å². The van der Waals surface area contributed by atoms with E-state index < -0.39 is 17.2 Å². The second kappa shape index (κ2) is 4.90. The van der Waals surface area contributed by atoms with Gasteiger partial charge >= 0.3 is 6.18 Å². The molecule has 0 saturated carbocycles. The summed E-state index contributed by atoms with van der Waals surface area (Å²) in [6, 6.07) is 5.67. The molecule has 0 fully saturated rings. The van der Waals surface area contributed by atoms with Crippen LogP contribution in [-0.4, -0.2) is 11.3 Å². The van der Waals surface area contributed by atoms with Crippen molar-refractivity contribution in [2.75, 3.05) is 0 Å². The molecular weight excluding hydrogens is 253 g/mol. The molecule has 0 aromatic heterocycles. The third-order valence-corrected chi connectivity index (χ3v) is 2.46. The summed E-state index contributed by atoms with van der Waals surface area (Å²) in [6.07, 6.45) is -4.85. The average Bonchev–Trinajstić information content (AvgIpc) is 2.23. The van der Waals surface area contributed by atoms with Gasteiger partial charge in [-0.05, 0) is 27.7 Å². The van der Waals surface area contributed by atoms with E-state index in [1.54, 1.807) is 33.8 Å². The fourth-order valence-electron chi connectivity index (χ4n) is 1.45. The van der Waals surface area contributed by atoms with Crippen molar-refractivity contribution in [2.45, 2.75) is 39.5 Å². The van der Waals surface area contributed by atoms with Gasteiger partial charge in [-0.3, -0.25) is 0 Å². The largest absolute Gasteiger partial charge is 0.433 e. The number of aryl methyl sites for hydroxylation is 1. The predicted octanol–water partition coefficient (Wildman–Crippen LogP) is 3.79. The molecule has 0 aliphatic carbocycles. The van der Waals surface area contributed by atoms with Crippen molar-refractivity contribution in [1.82, 2.24) is 0 Å². The molecule has 1 rings (SSSR count). The third kappa shape index (κ3) is 3.74. The Morgan fingerprint density at radius 1 is 1.05 bits per heavy atom. The van der Waals surface area contributed by atoms with Gasteiger partial charge in [-0.25, -0.2) is 0 Å². The van der Waals surface area contributed by atoms with Crippen LogP contribution in [0.15, 0.2) is 24.3 Å². The number of aliphatic hydroxyl groups is 1. The van der Waals surface area contributed by atoms with E-state index in [2.05, 4.69) is 5.92 Å². The first-order valence-electron chi connectivity index (χ1n) is 5.86. The summed E-state index contributed by atoms with van der Waals surface area (Å²) < 4.78 is 39.4. The molecular formula is C15H17F3O. The summed E-state index contributed by atoms with van der Waals surface area (Å²) in [6.45, 7) is 6.73. The van der Waals surface area contributed by atoms with Crippen molar-refractivity contribution in [3.8, 4) is 11.8 Å². The zero-order valence-electron chi connectivity index (χ0n) is 11.4. The van der Waals surface area contributed by atoms with Crippen molar-refractivity contribution in [1.29, 1.82) is 0 Å². The Morgan fingerprint density at radius 3 is 2.05 bits per heavy atom. The molecule has 0 heterocycles. The maximum absolute atomic E-state index is 13.1. The maximum Gasteiger partial charge on any atom is 0.433 e. The molecule has 1 nitrogen and oxygen atoms in total. The van der Waals surface area contributed by atoms with Crippen molar-refractivity contribution < 1.29 is 18.3 Å². The van der Waals surface area contributed by atoms with Gasteiger partial charge in [0, 0.05) is 11.0 Å². The maximum atomic E-state index is 13.1. The standard InChI is InChI=1S/C15H17F3O/c1-11-6-5-7-12(10-11)14(19,15(16,17)18)9-8-13(2,3)4/h5-7,10,19H,1-4H3/t14-/m0/s1. The van der Waals surface area contributed by atoms with Crippen molar-refractivity contribution in [3.05, 3.63) is 35.4 Å². The average molecular weight is 270 g/mol. The van der Waals surface area contributed by atoms with Crippen LogP contribution in [0.3, 0.4) is 0 Å². The number of alkyl halides is 3. The Labute approximate surface area is 111 Å². The Kier molecular flexibility index (Phi) is 4.02.